The van der Waals surface area contributed by atoms with Crippen molar-refractivity contribution in [3.05, 3.63) is 54.0 Å². The molecule has 0 amide bonds. The monoisotopic (exact) mass is 331 g/mol. The summed E-state index contributed by atoms with van der Waals surface area (Å²) in [5.41, 5.74) is 1.04. The first-order chi connectivity index (χ1) is 11.8. The van der Waals surface area contributed by atoms with Gasteiger partial charge in [-0.25, -0.2) is 4.99 Å². The molecule has 0 unspecified atom stereocenters. The first-order valence-electron chi connectivity index (χ1n) is 7.99. The van der Waals surface area contributed by atoms with Gasteiger partial charge in [-0.3, -0.25) is 0 Å². The molecule has 2 rings (SSSR count). The summed E-state index contributed by atoms with van der Waals surface area (Å²) >= 11 is 0. The van der Waals surface area contributed by atoms with E-state index in [0.717, 1.165) is 36.0 Å². The second-order valence-electron chi connectivity index (χ2n) is 5.15. The number of benzene rings is 1. The molecule has 0 atom stereocenters. The zero-order valence-electron chi connectivity index (χ0n) is 14.2. The zero-order valence-corrected chi connectivity index (χ0v) is 14.2. The Morgan fingerprint density at radius 1 is 1.08 bits per heavy atom. The van der Waals surface area contributed by atoms with Crippen molar-refractivity contribution in [2.24, 2.45) is 4.99 Å². The molecule has 0 radical (unpaired) electrons. The first-order valence-corrected chi connectivity index (χ1v) is 7.99. The summed E-state index contributed by atoms with van der Waals surface area (Å²) in [7, 11) is 3.35. The fourth-order valence-corrected chi connectivity index (χ4v) is 2.20. The van der Waals surface area contributed by atoms with E-state index in [4.69, 9.17) is 13.9 Å². The molecule has 1 aromatic carbocycles. The number of rotatable bonds is 9. The van der Waals surface area contributed by atoms with Crippen molar-refractivity contribution in [3.8, 4) is 5.75 Å². The van der Waals surface area contributed by atoms with Crippen LogP contribution < -0.4 is 15.4 Å². The normalized spacial score (nSPS) is 11.3. The van der Waals surface area contributed by atoms with Gasteiger partial charge in [-0.1, -0.05) is 18.2 Å². The number of para-hydroxylation sites is 1. The lowest BCUT2D eigenvalue weighted by atomic mass is 10.2. The highest BCUT2D eigenvalue weighted by atomic mass is 16.5. The van der Waals surface area contributed by atoms with Crippen molar-refractivity contribution in [3.63, 3.8) is 0 Å². The molecule has 0 aliphatic heterocycles. The molecule has 6 heteroatoms. The van der Waals surface area contributed by atoms with Crippen LogP contribution in [0.5, 0.6) is 5.75 Å². The maximum atomic E-state index is 5.36. The van der Waals surface area contributed by atoms with E-state index in [2.05, 4.69) is 15.6 Å². The Morgan fingerprint density at radius 2 is 1.92 bits per heavy atom. The molecule has 0 aliphatic rings. The number of hydrogen-bond acceptors (Lipinski definition) is 4. The van der Waals surface area contributed by atoms with E-state index in [1.807, 2.05) is 36.4 Å². The Hall–Kier alpha value is -2.47. The second-order valence-corrected chi connectivity index (χ2v) is 5.15. The van der Waals surface area contributed by atoms with Crippen molar-refractivity contribution >= 4 is 5.96 Å². The van der Waals surface area contributed by atoms with Crippen LogP contribution >= 0.6 is 0 Å². The molecule has 0 spiro atoms. The number of hydrogen-bond donors (Lipinski definition) is 2. The summed E-state index contributed by atoms with van der Waals surface area (Å²) < 4.78 is 15.8. The lowest BCUT2D eigenvalue weighted by Crippen LogP contribution is -2.40. The second kappa shape index (κ2) is 10.3. The largest absolute Gasteiger partial charge is 0.496 e. The van der Waals surface area contributed by atoms with Crippen molar-refractivity contribution in [2.45, 2.75) is 13.0 Å². The predicted octanol–water partition coefficient (Wildman–Crippen LogP) is 2.21. The number of guanidine groups is 1. The number of furan rings is 1. The highest BCUT2D eigenvalue weighted by Crippen LogP contribution is 2.17. The molecular formula is C18H25N3O3. The molecular weight excluding hydrogens is 306 g/mol. The van der Waals surface area contributed by atoms with Gasteiger partial charge in [0.2, 0.25) is 0 Å². The lowest BCUT2D eigenvalue weighted by Gasteiger charge is -2.12. The molecule has 0 aliphatic carbocycles. The van der Waals surface area contributed by atoms with E-state index >= 15 is 0 Å². The van der Waals surface area contributed by atoms with Crippen LogP contribution in [0.3, 0.4) is 0 Å². The Kier molecular flexibility index (Phi) is 7.70. The molecule has 24 heavy (non-hydrogen) atoms. The Balaban J connectivity index is 1.92. The molecule has 0 fully saturated rings. The smallest absolute Gasteiger partial charge is 0.191 e. The molecule has 1 aromatic heterocycles. The van der Waals surface area contributed by atoms with Crippen LogP contribution in [0.1, 0.15) is 11.3 Å². The topological polar surface area (TPSA) is 68.0 Å². The Morgan fingerprint density at radius 3 is 2.67 bits per heavy atom. The quantitative estimate of drug-likeness (QED) is 0.419. The molecule has 130 valence electrons. The minimum atomic E-state index is 0.535. The fourth-order valence-electron chi connectivity index (χ4n) is 2.20. The van der Waals surface area contributed by atoms with Gasteiger partial charge in [-0.05, 0) is 18.2 Å². The molecule has 2 aromatic rings. The van der Waals surface area contributed by atoms with Gasteiger partial charge in [-0.15, -0.1) is 0 Å². The Labute approximate surface area is 142 Å². The SMILES string of the molecule is COCCNC(=NCc1ccccc1OC)NCCc1ccco1. The van der Waals surface area contributed by atoms with Crippen LogP contribution in [0, 0.1) is 0 Å². The zero-order chi connectivity index (χ0) is 17.0. The van der Waals surface area contributed by atoms with Crippen molar-refractivity contribution in [2.75, 3.05) is 33.9 Å². The van der Waals surface area contributed by atoms with E-state index in [1.165, 1.54) is 0 Å². The summed E-state index contributed by atoms with van der Waals surface area (Å²) in [6.07, 6.45) is 2.48. The third-order valence-corrected chi connectivity index (χ3v) is 3.44. The van der Waals surface area contributed by atoms with Crippen LogP contribution in [0.2, 0.25) is 0 Å². The van der Waals surface area contributed by atoms with Crippen LogP contribution in [-0.2, 0) is 17.7 Å². The van der Waals surface area contributed by atoms with Crippen molar-refractivity contribution < 1.29 is 13.9 Å². The van der Waals surface area contributed by atoms with E-state index in [1.54, 1.807) is 20.5 Å². The fraction of sp³-hybridized carbons (Fsp3) is 0.389. The van der Waals surface area contributed by atoms with E-state index < -0.39 is 0 Å². The van der Waals surface area contributed by atoms with E-state index in [0.29, 0.717) is 19.7 Å². The average molecular weight is 331 g/mol. The number of methoxy groups -OCH3 is 2. The number of aliphatic imine (C=N–C) groups is 1. The van der Waals surface area contributed by atoms with Crippen molar-refractivity contribution in [1.82, 2.24) is 10.6 Å². The summed E-state index contributed by atoms with van der Waals surface area (Å²) in [4.78, 5) is 4.62. The minimum Gasteiger partial charge on any atom is -0.496 e. The summed E-state index contributed by atoms with van der Waals surface area (Å²) in [5, 5.41) is 6.56. The first kappa shape index (κ1) is 17.9. The van der Waals surface area contributed by atoms with Crippen LogP contribution in [0.15, 0.2) is 52.1 Å². The number of ether oxygens (including phenoxy) is 2. The summed E-state index contributed by atoms with van der Waals surface area (Å²) in [5.74, 6) is 2.53. The molecule has 0 bridgehead atoms. The standard InChI is InChI=1S/C18H25N3O3/c1-22-13-11-20-18(19-10-9-16-7-5-12-24-16)21-14-15-6-3-4-8-17(15)23-2/h3-8,12H,9-11,13-14H2,1-2H3,(H2,19,20,21). The minimum absolute atomic E-state index is 0.535. The van der Waals surface area contributed by atoms with Gasteiger partial charge < -0.3 is 24.5 Å². The third kappa shape index (κ3) is 5.96. The van der Waals surface area contributed by atoms with E-state index in [-0.39, 0.29) is 0 Å². The van der Waals surface area contributed by atoms with Gasteiger partial charge in [0.15, 0.2) is 5.96 Å². The highest BCUT2D eigenvalue weighted by molar-refractivity contribution is 5.79. The number of nitrogens with zero attached hydrogens (tertiary/aromatic N) is 1. The summed E-state index contributed by atoms with van der Waals surface area (Å²) in [6.45, 7) is 2.58. The average Bonchev–Trinajstić information content (AvgIpc) is 3.13. The molecule has 2 N–H and O–H groups in total. The third-order valence-electron chi connectivity index (χ3n) is 3.44. The Bertz CT molecular complexity index is 612. The van der Waals surface area contributed by atoms with Gasteiger partial charge in [0.1, 0.15) is 11.5 Å². The van der Waals surface area contributed by atoms with E-state index in [9.17, 15) is 0 Å². The van der Waals surface area contributed by atoms with Crippen molar-refractivity contribution in [1.29, 1.82) is 0 Å². The van der Waals surface area contributed by atoms with Gasteiger partial charge >= 0.3 is 0 Å². The van der Waals surface area contributed by atoms with Crippen LogP contribution in [0.4, 0.5) is 0 Å². The van der Waals surface area contributed by atoms with Gasteiger partial charge in [-0.2, -0.15) is 0 Å². The van der Waals surface area contributed by atoms with Crippen LogP contribution in [0.25, 0.3) is 0 Å². The maximum absolute atomic E-state index is 5.36. The molecule has 0 saturated carbocycles. The lowest BCUT2D eigenvalue weighted by molar-refractivity contribution is 0.203. The molecule has 6 nitrogen and oxygen atoms in total. The number of nitrogens with one attached hydrogen (secondary N) is 2. The predicted molar refractivity (Wildman–Crippen MR) is 94.4 cm³/mol. The maximum Gasteiger partial charge on any atom is 0.191 e. The molecule has 0 saturated heterocycles. The molecule has 1 heterocycles. The van der Waals surface area contributed by atoms with Gasteiger partial charge in [0.05, 0.1) is 26.5 Å². The van der Waals surface area contributed by atoms with Gasteiger partial charge in [0, 0.05) is 32.2 Å². The highest BCUT2D eigenvalue weighted by Gasteiger charge is 2.03. The van der Waals surface area contributed by atoms with Crippen LogP contribution in [-0.4, -0.2) is 39.9 Å². The van der Waals surface area contributed by atoms with Gasteiger partial charge in [0.25, 0.3) is 0 Å². The summed E-state index contributed by atoms with van der Waals surface area (Å²) in [6, 6.07) is 11.7.